The number of aryl methyl sites for hydroxylation is 1. The molecule has 0 aliphatic heterocycles. The van der Waals surface area contributed by atoms with Crippen LogP contribution >= 0.6 is 0 Å². The smallest absolute Gasteiger partial charge is 0.291 e. The Morgan fingerprint density at radius 1 is 0.946 bits per heavy atom. The lowest BCUT2D eigenvalue weighted by atomic mass is 9.57. The fourth-order valence-electron chi connectivity index (χ4n) is 7.72. The summed E-state index contributed by atoms with van der Waals surface area (Å²) in [6.45, 7) is 11.3. The molecule has 1 unspecified atom stereocenters. The summed E-state index contributed by atoms with van der Waals surface area (Å²) in [5.41, 5.74) is 10.3. The number of allylic oxidation sites excluding steroid dienone is 7. The zero-order valence-electron chi connectivity index (χ0n) is 33.7. The van der Waals surface area contributed by atoms with E-state index in [0.717, 1.165) is 76.8 Å². The van der Waals surface area contributed by atoms with E-state index in [-0.39, 0.29) is 13.2 Å². The van der Waals surface area contributed by atoms with Gasteiger partial charge in [-0.3, -0.25) is 0 Å². The zero-order chi connectivity index (χ0) is 40.5. The van der Waals surface area contributed by atoms with Gasteiger partial charge in [-0.2, -0.15) is 11.2 Å². The number of anilines is 1. The van der Waals surface area contributed by atoms with E-state index in [1.807, 2.05) is 55.2 Å². The molecule has 294 valence electrons. The molecule has 1 saturated carbocycles. The minimum Gasteiger partial charge on any atom is -0.411 e. The lowest BCUT2D eigenvalue weighted by Gasteiger charge is -2.46. The number of hydrogen-bond acceptors (Lipinski definition) is 8. The molecule has 3 aromatic carbocycles. The number of rotatable bonds is 20. The zero-order valence-corrected chi connectivity index (χ0v) is 33.7. The van der Waals surface area contributed by atoms with E-state index >= 15 is 0 Å². The molecule has 8 nitrogen and oxygen atoms in total. The molecule has 0 radical (unpaired) electrons. The van der Waals surface area contributed by atoms with Crippen LogP contribution in [0.1, 0.15) is 89.3 Å². The van der Waals surface area contributed by atoms with Gasteiger partial charge in [-0.05, 0) is 116 Å². The molecule has 0 heterocycles. The third kappa shape index (κ3) is 10.9. The molecule has 8 heteroatoms. The average molecular weight is 755 g/mol. The summed E-state index contributed by atoms with van der Waals surface area (Å²) in [6.07, 6.45) is 15.4. The maximum atomic E-state index is 10.7. The highest BCUT2D eigenvalue weighted by atomic mass is 16.6. The quantitative estimate of drug-likeness (QED) is 0.0341. The molecule has 4 N–H and O–H groups in total. The first kappa shape index (κ1) is 43.3. The largest absolute Gasteiger partial charge is 0.411 e. The van der Waals surface area contributed by atoms with Crippen molar-refractivity contribution < 1.29 is 19.8 Å². The van der Waals surface area contributed by atoms with Crippen molar-refractivity contribution in [2.24, 2.45) is 11.8 Å². The molecule has 0 bridgehead atoms. The Balaban J connectivity index is 1.71. The predicted molar refractivity (Wildman–Crippen MR) is 226 cm³/mol. The molecule has 1 aliphatic rings. The highest BCUT2D eigenvalue weighted by Gasteiger charge is 2.43. The summed E-state index contributed by atoms with van der Waals surface area (Å²) in [5, 5.41) is 38.9. The average Bonchev–Trinajstić information content (AvgIpc) is 3.19. The Morgan fingerprint density at radius 3 is 2.18 bits per heavy atom. The van der Waals surface area contributed by atoms with Crippen molar-refractivity contribution in [2.75, 3.05) is 31.2 Å². The van der Waals surface area contributed by atoms with Gasteiger partial charge in [0, 0.05) is 29.8 Å². The van der Waals surface area contributed by atoms with Crippen molar-refractivity contribution in [3.63, 3.8) is 0 Å². The van der Waals surface area contributed by atoms with E-state index < -0.39 is 5.41 Å². The summed E-state index contributed by atoms with van der Waals surface area (Å²) in [5.74, 6) is 6.90. The number of nitriles is 2. The number of nitrogens with zero attached hydrogens (tertiary/aromatic N) is 3. The Labute approximate surface area is 334 Å². The number of aliphatic hydroxyl groups is 2. The number of hydrogen-bond donors (Lipinski definition) is 3. The Kier molecular flexibility index (Phi) is 16.8. The van der Waals surface area contributed by atoms with E-state index in [0.29, 0.717) is 48.8 Å². The fourth-order valence-corrected chi connectivity index (χ4v) is 7.72. The molecule has 3 aromatic rings. The van der Waals surface area contributed by atoms with Crippen molar-refractivity contribution in [3.05, 3.63) is 142 Å². The second kappa shape index (κ2) is 21.6. The van der Waals surface area contributed by atoms with Crippen LogP contribution in [0.15, 0.2) is 125 Å². The van der Waals surface area contributed by atoms with Gasteiger partial charge >= 0.3 is 0 Å². The lowest BCUT2D eigenvalue weighted by molar-refractivity contribution is 0.203. The molecule has 4 rings (SSSR count). The minimum atomic E-state index is -0.430. The van der Waals surface area contributed by atoms with Crippen molar-refractivity contribution >= 4 is 11.8 Å². The van der Waals surface area contributed by atoms with Crippen LogP contribution < -0.4 is 10.8 Å². The standard InChI is InChI=1S/C48H58N4O4/c1-6-11-41(18-17-38-21-24-44(31-36(38)3)52(26-28-53)27-29-54)47(56-51)30-35(2)16-25-46(45(32-49)37(4)33-55-34-50)48(5,42-14-10-15-42)43-22-19-40(20-23-43)39-12-8-7-9-13-39/h7-9,12-13,17-24,30-31,33,42,53-54H,6,10-11,14-16,25-29,51H2,1-5H3/b18-17+,35-30+,37-33+,46-45-,47-41-. The van der Waals surface area contributed by atoms with Crippen LogP contribution in [0, 0.1) is 35.7 Å². The lowest BCUT2D eigenvalue weighted by Crippen LogP contribution is -2.39. The van der Waals surface area contributed by atoms with Crippen molar-refractivity contribution in [3.8, 4) is 23.5 Å². The molecule has 0 saturated heterocycles. The first-order valence-electron chi connectivity index (χ1n) is 19.7. The van der Waals surface area contributed by atoms with Crippen LogP contribution in [0.2, 0.25) is 0 Å². The summed E-state index contributed by atoms with van der Waals surface area (Å²) in [4.78, 5) is 7.51. The van der Waals surface area contributed by atoms with Gasteiger partial charge in [-0.25, -0.2) is 0 Å². The normalized spacial score (nSPS) is 15.5. The predicted octanol–water partition coefficient (Wildman–Crippen LogP) is 10.1. The fraction of sp³-hybridized carbons (Fsp3) is 0.375. The maximum absolute atomic E-state index is 10.7. The number of nitrogens with two attached hydrogens (primary N) is 1. The van der Waals surface area contributed by atoms with Crippen LogP contribution in [-0.4, -0.2) is 36.5 Å². The van der Waals surface area contributed by atoms with Gasteiger partial charge in [-0.1, -0.05) is 105 Å². The second-order valence-electron chi connectivity index (χ2n) is 14.8. The Morgan fingerprint density at radius 2 is 1.62 bits per heavy atom. The van der Waals surface area contributed by atoms with Crippen LogP contribution in [-0.2, 0) is 15.0 Å². The van der Waals surface area contributed by atoms with E-state index in [1.54, 1.807) is 6.26 Å². The number of benzene rings is 3. The highest BCUT2D eigenvalue weighted by Crippen LogP contribution is 2.51. The van der Waals surface area contributed by atoms with Crippen molar-refractivity contribution in [1.29, 1.82) is 10.5 Å². The third-order valence-electron chi connectivity index (χ3n) is 11.2. The van der Waals surface area contributed by atoms with Gasteiger partial charge in [0.05, 0.1) is 24.9 Å². The van der Waals surface area contributed by atoms with Crippen LogP contribution in [0.4, 0.5) is 5.69 Å². The van der Waals surface area contributed by atoms with Crippen LogP contribution in [0.5, 0.6) is 0 Å². The first-order chi connectivity index (χ1) is 27.1. The van der Waals surface area contributed by atoms with E-state index in [1.165, 1.54) is 11.8 Å². The molecule has 1 aliphatic carbocycles. The molecule has 0 amide bonds. The van der Waals surface area contributed by atoms with E-state index in [2.05, 4.69) is 81.5 Å². The SMILES string of the molecule is CCCC(/C=C/c1ccc(N(CCO)CCO)cc1C)=C(\C=C(/C)CC/C(=C(C#N)/C(C)=C/OC#N)C(C)(c1ccc(-c2ccccc2)cc1)C1CCC1)ON. The molecule has 0 spiro atoms. The molecule has 0 aromatic heterocycles. The molecular weight excluding hydrogens is 697 g/mol. The second-order valence-corrected chi connectivity index (χ2v) is 14.8. The summed E-state index contributed by atoms with van der Waals surface area (Å²) in [6, 6.07) is 27.7. The molecular formula is C48H58N4O4. The Hall–Kier alpha value is -5.38. The van der Waals surface area contributed by atoms with Crippen molar-refractivity contribution in [2.45, 2.75) is 85.0 Å². The van der Waals surface area contributed by atoms with Gasteiger partial charge in [0.25, 0.3) is 6.26 Å². The van der Waals surface area contributed by atoms with Gasteiger partial charge in [0.2, 0.25) is 0 Å². The number of ether oxygens (including phenoxy) is 1. The van der Waals surface area contributed by atoms with Gasteiger partial charge < -0.3 is 24.7 Å². The first-order valence-corrected chi connectivity index (χ1v) is 19.7. The minimum absolute atomic E-state index is 0.00850. The summed E-state index contributed by atoms with van der Waals surface area (Å²) < 4.78 is 5.04. The molecule has 1 fully saturated rings. The maximum Gasteiger partial charge on any atom is 0.291 e. The van der Waals surface area contributed by atoms with E-state index in [4.69, 9.17) is 15.5 Å². The van der Waals surface area contributed by atoms with Crippen LogP contribution in [0.3, 0.4) is 0 Å². The topological polar surface area (TPSA) is 136 Å². The van der Waals surface area contributed by atoms with Crippen molar-refractivity contribution in [1.82, 2.24) is 0 Å². The van der Waals surface area contributed by atoms with Crippen LogP contribution in [0.25, 0.3) is 17.2 Å². The van der Waals surface area contributed by atoms with E-state index in [9.17, 15) is 20.7 Å². The molecule has 1 atom stereocenters. The van der Waals surface area contributed by atoms with Gasteiger partial charge in [0.1, 0.15) is 12.0 Å². The third-order valence-corrected chi connectivity index (χ3v) is 11.2. The molecule has 56 heavy (non-hydrogen) atoms. The van der Waals surface area contributed by atoms with Gasteiger partial charge in [0.15, 0.2) is 0 Å². The number of aliphatic hydroxyl groups excluding tert-OH is 2. The monoisotopic (exact) mass is 754 g/mol. The van der Waals surface area contributed by atoms with Gasteiger partial charge in [-0.15, -0.1) is 5.26 Å². The Bertz CT molecular complexity index is 1990. The summed E-state index contributed by atoms with van der Waals surface area (Å²) >= 11 is 0. The summed E-state index contributed by atoms with van der Waals surface area (Å²) in [7, 11) is 0. The highest BCUT2D eigenvalue weighted by molar-refractivity contribution is 5.65.